The molecule has 1 aromatic heterocycles. The van der Waals surface area contributed by atoms with Crippen molar-refractivity contribution in [3.63, 3.8) is 0 Å². The van der Waals surface area contributed by atoms with Gasteiger partial charge in [-0.2, -0.15) is 0 Å². The molecule has 5 rings (SSSR count). The van der Waals surface area contributed by atoms with Crippen molar-refractivity contribution in [2.24, 2.45) is 0 Å². The molecule has 1 saturated heterocycles. The second-order valence-corrected chi connectivity index (χ2v) is 9.36. The number of nitrogens with zero attached hydrogens (tertiary/aromatic N) is 2. The first-order valence-corrected chi connectivity index (χ1v) is 12.2. The van der Waals surface area contributed by atoms with Crippen molar-refractivity contribution in [1.29, 1.82) is 0 Å². The van der Waals surface area contributed by atoms with Gasteiger partial charge < -0.3 is 19.7 Å². The highest BCUT2D eigenvalue weighted by molar-refractivity contribution is 6.05. The number of pyridine rings is 1. The Balaban J connectivity index is 1.23. The third-order valence-electron chi connectivity index (χ3n) is 7.06. The number of carbonyl (C=O) groups is 3. The Morgan fingerprint density at radius 2 is 1.97 bits per heavy atom. The summed E-state index contributed by atoms with van der Waals surface area (Å²) >= 11 is 0. The standard InChI is InChI=1S/C26H30N4O5/c1-34-24-11-6-16(14-28-24)13-27-20-4-2-3-5-22(20)35-18-7-8-19-17(12-18)15-30(26(19)33)21-9-10-23(31)29-25(21)32/h6-8,11-12,14,20-22,27H,2-5,9-10,13,15H2,1H3,(H,29,31,32)/t20-,21?,22-/m1/s1. The number of imide groups is 1. The average Bonchev–Trinajstić information content (AvgIpc) is 3.19. The summed E-state index contributed by atoms with van der Waals surface area (Å²) in [6, 6.07) is 8.99. The van der Waals surface area contributed by atoms with Gasteiger partial charge in [0.2, 0.25) is 17.7 Å². The lowest BCUT2D eigenvalue weighted by molar-refractivity contribution is -0.136. The predicted molar refractivity (Wildman–Crippen MR) is 127 cm³/mol. The monoisotopic (exact) mass is 478 g/mol. The molecule has 3 amide bonds. The fourth-order valence-electron chi connectivity index (χ4n) is 5.16. The summed E-state index contributed by atoms with van der Waals surface area (Å²) in [5.41, 5.74) is 2.52. The van der Waals surface area contributed by atoms with E-state index in [4.69, 9.17) is 9.47 Å². The molecule has 3 heterocycles. The number of aromatic nitrogens is 1. The number of piperidine rings is 1. The summed E-state index contributed by atoms with van der Waals surface area (Å²) in [5, 5.41) is 5.96. The predicted octanol–water partition coefficient (Wildman–Crippen LogP) is 2.33. The minimum absolute atomic E-state index is 0.0244. The van der Waals surface area contributed by atoms with Crippen LogP contribution in [0, 0.1) is 0 Å². The Labute approximate surface area is 204 Å². The van der Waals surface area contributed by atoms with Crippen LogP contribution >= 0.6 is 0 Å². The fourth-order valence-corrected chi connectivity index (χ4v) is 5.16. The molecule has 2 aromatic rings. The number of hydrogen-bond acceptors (Lipinski definition) is 7. The van der Waals surface area contributed by atoms with Gasteiger partial charge in [-0.25, -0.2) is 4.98 Å². The minimum atomic E-state index is -0.615. The van der Waals surface area contributed by atoms with E-state index in [1.165, 1.54) is 0 Å². The molecular formula is C26H30N4O5. The second-order valence-electron chi connectivity index (χ2n) is 9.36. The molecule has 0 spiro atoms. The van der Waals surface area contributed by atoms with Crippen LogP contribution in [0.1, 0.15) is 60.0 Å². The summed E-state index contributed by atoms with van der Waals surface area (Å²) < 4.78 is 11.5. The number of carbonyl (C=O) groups excluding carboxylic acids is 3. The number of hydrogen-bond donors (Lipinski definition) is 2. The van der Waals surface area contributed by atoms with Gasteiger partial charge in [-0.05, 0) is 55.0 Å². The zero-order valence-electron chi connectivity index (χ0n) is 19.8. The highest BCUT2D eigenvalue weighted by atomic mass is 16.5. The molecule has 184 valence electrons. The third kappa shape index (κ3) is 5.00. The Morgan fingerprint density at radius 1 is 1.11 bits per heavy atom. The lowest BCUT2D eigenvalue weighted by Crippen LogP contribution is -2.52. The number of rotatable bonds is 7. The van der Waals surface area contributed by atoms with Crippen LogP contribution in [0.2, 0.25) is 0 Å². The van der Waals surface area contributed by atoms with Gasteiger partial charge in [0.05, 0.1) is 7.11 Å². The van der Waals surface area contributed by atoms with Crippen LogP contribution < -0.4 is 20.1 Å². The van der Waals surface area contributed by atoms with Gasteiger partial charge in [0, 0.05) is 43.4 Å². The van der Waals surface area contributed by atoms with Gasteiger partial charge in [-0.3, -0.25) is 19.7 Å². The highest BCUT2D eigenvalue weighted by Crippen LogP contribution is 2.32. The normalized spacial score (nSPS) is 24.2. The smallest absolute Gasteiger partial charge is 0.255 e. The van der Waals surface area contributed by atoms with Crippen LogP contribution in [0.3, 0.4) is 0 Å². The zero-order chi connectivity index (χ0) is 24.4. The molecule has 35 heavy (non-hydrogen) atoms. The van der Waals surface area contributed by atoms with E-state index in [0.717, 1.165) is 42.6 Å². The molecule has 1 saturated carbocycles. The van der Waals surface area contributed by atoms with E-state index in [0.29, 0.717) is 31.0 Å². The van der Waals surface area contributed by atoms with Crippen molar-refractivity contribution in [2.75, 3.05) is 7.11 Å². The van der Waals surface area contributed by atoms with Gasteiger partial charge in [0.15, 0.2) is 0 Å². The number of nitrogens with one attached hydrogen (secondary N) is 2. The molecule has 1 unspecified atom stereocenters. The highest BCUT2D eigenvalue weighted by Gasteiger charge is 2.39. The first-order valence-electron chi connectivity index (χ1n) is 12.2. The van der Waals surface area contributed by atoms with Crippen molar-refractivity contribution in [1.82, 2.24) is 20.5 Å². The van der Waals surface area contributed by atoms with Gasteiger partial charge in [0.25, 0.3) is 5.91 Å². The molecule has 2 N–H and O–H groups in total. The molecule has 3 aliphatic rings. The molecule has 1 aliphatic carbocycles. The van der Waals surface area contributed by atoms with Crippen LogP contribution in [0.25, 0.3) is 0 Å². The molecule has 0 radical (unpaired) electrons. The maximum absolute atomic E-state index is 12.9. The quantitative estimate of drug-likeness (QED) is 0.588. The Morgan fingerprint density at radius 3 is 2.74 bits per heavy atom. The average molecular weight is 479 g/mol. The van der Waals surface area contributed by atoms with E-state index in [9.17, 15) is 14.4 Å². The molecule has 9 nitrogen and oxygen atoms in total. The fraction of sp³-hybridized carbons (Fsp3) is 0.462. The molecule has 9 heteroatoms. The first kappa shape index (κ1) is 23.3. The van der Waals surface area contributed by atoms with Crippen molar-refractivity contribution < 1.29 is 23.9 Å². The molecule has 3 atom stereocenters. The van der Waals surface area contributed by atoms with Crippen LogP contribution in [0.5, 0.6) is 11.6 Å². The number of amides is 3. The van der Waals surface area contributed by atoms with Crippen LogP contribution in [-0.2, 0) is 22.7 Å². The minimum Gasteiger partial charge on any atom is -0.489 e. The number of methoxy groups -OCH3 is 1. The topological polar surface area (TPSA) is 110 Å². The summed E-state index contributed by atoms with van der Waals surface area (Å²) in [7, 11) is 1.60. The maximum Gasteiger partial charge on any atom is 0.255 e. The molecule has 2 fully saturated rings. The van der Waals surface area contributed by atoms with Crippen LogP contribution in [0.15, 0.2) is 36.5 Å². The molecule has 1 aromatic carbocycles. The van der Waals surface area contributed by atoms with E-state index in [-0.39, 0.29) is 30.4 Å². The molecular weight excluding hydrogens is 448 g/mol. The summed E-state index contributed by atoms with van der Waals surface area (Å²) in [6.45, 7) is 1.04. The van der Waals surface area contributed by atoms with Crippen LogP contribution in [-0.4, -0.2) is 52.9 Å². The van der Waals surface area contributed by atoms with Gasteiger partial charge in [-0.1, -0.05) is 12.5 Å². The van der Waals surface area contributed by atoms with Gasteiger partial charge in [-0.15, -0.1) is 0 Å². The van der Waals surface area contributed by atoms with Gasteiger partial charge >= 0.3 is 0 Å². The summed E-state index contributed by atoms with van der Waals surface area (Å²) in [6.07, 6.45) is 6.68. The van der Waals surface area contributed by atoms with Gasteiger partial charge in [0.1, 0.15) is 17.9 Å². The van der Waals surface area contributed by atoms with E-state index < -0.39 is 11.9 Å². The maximum atomic E-state index is 12.9. The largest absolute Gasteiger partial charge is 0.489 e. The third-order valence-corrected chi connectivity index (χ3v) is 7.06. The Bertz CT molecular complexity index is 1120. The van der Waals surface area contributed by atoms with E-state index >= 15 is 0 Å². The second kappa shape index (κ2) is 10.0. The Hall–Kier alpha value is -3.46. The first-order chi connectivity index (χ1) is 17.0. The summed E-state index contributed by atoms with van der Waals surface area (Å²) in [5.74, 6) is 0.462. The molecule has 0 bridgehead atoms. The number of ether oxygens (including phenoxy) is 2. The number of fused-ring (bicyclic) bond motifs is 1. The number of benzene rings is 1. The van der Waals surface area contributed by atoms with E-state index in [1.54, 1.807) is 18.1 Å². The summed E-state index contributed by atoms with van der Waals surface area (Å²) in [4.78, 5) is 42.5. The van der Waals surface area contributed by atoms with E-state index in [1.807, 2.05) is 30.5 Å². The van der Waals surface area contributed by atoms with Crippen LogP contribution in [0.4, 0.5) is 0 Å². The van der Waals surface area contributed by atoms with Crippen molar-refractivity contribution in [2.45, 2.75) is 69.8 Å². The van der Waals surface area contributed by atoms with Crippen molar-refractivity contribution in [3.05, 3.63) is 53.2 Å². The lowest BCUT2D eigenvalue weighted by atomic mass is 9.92. The van der Waals surface area contributed by atoms with E-state index in [2.05, 4.69) is 15.6 Å². The Kier molecular flexibility index (Phi) is 6.68. The zero-order valence-corrected chi connectivity index (χ0v) is 19.8. The SMILES string of the molecule is COc1ccc(CN[C@@H]2CCCC[C@H]2Oc2ccc3c(c2)CN(C2CCC(=O)NC2=O)C3=O)cn1. The molecule has 2 aliphatic heterocycles. The lowest BCUT2D eigenvalue weighted by Gasteiger charge is -2.32. The van der Waals surface area contributed by atoms with Crippen molar-refractivity contribution >= 4 is 17.7 Å². The van der Waals surface area contributed by atoms with Crippen molar-refractivity contribution in [3.8, 4) is 11.6 Å².